The molecule has 0 spiro atoms. The van der Waals surface area contributed by atoms with Crippen molar-refractivity contribution in [2.45, 2.75) is 95.8 Å². The van der Waals surface area contributed by atoms with Gasteiger partial charge in [0, 0.05) is 17.0 Å². The Morgan fingerprint density at radius 1 is 1.08 bits per heavy atom. The van der Waals surface area contributed by atoms with E-state index in [0.29, 0.717) is 11.3 Å². The summed E-state index contributed by atoms with van der Waals surface area (Å²) in [6.45, 7) is 16.8. The van der Waals surface area contributed by atoms with E-state index in [1.165, 1.54) is 12.1 Å². The van der Waals surface area contributed by atoms with Crippen molar-refractivity contribution in [1.29, 1.82) is 0 Å². The lowest BCUT2D eigenvalue weighted by molar-refractivity contribution is 0.191. The zero-order chi connectivity index (χ0) is 27.2. The van der Waals surface area contributed by atoms with Crippen molar-refractivity contribution in [3.63, 3.8) is 0 Å². The molecule has 1 aliphatic carbocycles. The fourth-order valence-corrected chi connectivity index (χ4v) is 7.47. The van der Waals surface area contributed by atoms with E-state index in [-0.39, 0.29) is 17.6 Å². The standard InChI is InChI=1S/C26H36Br2F2N2O2SSi/c1-25(2,3)35(33)32-21(11-15-9-16(29)12-17(30)10-15)23-22(27)19-13-18(14-20(19)24(28)31-23)34-36(7,8)26(4,5)6/h9-10,12,18,21,32H,11,13-14H2,1-8H3. The van der Waals surface area contributed by atoms with Crippen LogP contribution in [0.3, 0.4) is 0 Å². The number of nitrogens with zero attached hydrogens (tertiary/aromatic N) is 1. The highest BCUT2D eigenvalue weighted by molar-refractivity contribution is 9.11. The molecule has 1 heterocycles. The molecule has 0 bridgehead atoms. The first-order valence-electron chi connectivity index (χ1n) is 12.1. The Balaban J connectivity index is 1.99. The molecule has 1 aromatic heterocycles. The maximum absolute atomic E-state index is 14.0. The Bertz CT molecular complexity index is 1150. The van der Waals surface area contributed by atoms with Gasteiger partial charge in [-0.15, -0.1) is 0 Å². The number of rotatable bonds is 7. The van der Waals surface area contributed by atoms with Gasteiger partial charge in [-0.1, -0.05) is 20.8 Å². The molecule has 3 atom stereocenters. The number of halogens is 4. The van der Waals surface area contributed by atoms with Gasteiger partial charge in [0.25, 0.3) is 0 Å². The van der Waals surface area contributed by atoms with Gasteiger partial charge in [-0.25, -0.2) is 22.7 Å². The minimum absolute atomic E-state index is 0.0537. The largest absolute Gasteiger partial charge is 0.413 e. The first-order valence-corrected chi connectivity index (χ1v) is 17.7. The second-order valence-electron chi connectivity index (χ2n) is 12.0. The van der Waals surface area contributed by atoms with Gasteiger partial charge < -0.3 is 4.43 Å². The van der Waals surface area contributed by atoms with E-state index >= 15 is 0 Å². The van der Waals surface area contributed by atoms with E-state index in [2.05, 4.69) is 70.4 Å². The summed E-state index contributed by atoms with van der Waals surface area (Å²) in [6, 6.07) is 2.92. The van der Waals surface area contributed by atoms with Crippen LogP contribution in [0, 0.1) is 11.6 Å². The van der Waals surface area contributed by atoms with Crippen LogP contribution in [0.5, 0.6) is 0 Å². The molecule has 1 N–H and O–H groups in total. The first kappa shape index (κ1) is 30.0. The lowest BCUT2D eigenvalue weighted by Gasteiger charge is -2.38. The molecule has 36 heavy (non-hydrogen) atoms. The smallest absolute Gasteiger partial charge is 0.192 e. The van der Waals surface area contributed by atoms with E-state index in [0.717, 1.165) is 39.1 Å². The third-order valence-electron chi connectivity index (χ3n) is 6.95. The average Bonchev–Trinajstić information content (AvgIpc) is 3.12. The van der Waals surface area contributed by atoms with Gasteiger partial charge >= 0.3 is 0 Å². The van der Waals surface area contributed by atoms with Crippen molar-refractivity contribution < 1.29 is 17.4 Å². The van der Waals surface area contributed by atoms with Crippen LogP contribution in [0.25, 0.3) is 0 Å². The Kier molecular flexibility index (Phi) is 9.11. The highest BCUT2D eigenvalue weighted by Crippen LogP contribution is 2.43. The van der Waals surface area contributed by atoms with Crippen molar-refractivity contribution in [2.24, 2.45) is 0 Å². The van der Waals surface area contributed by atoms with Gasteiger partial charge in [-0.3, -0.25) is 0 Å². The Morgan fingerprint density at radius 2 is 1.64 bits per heavy atom. The molecule has 4 nitrogen and oxygen atoms in total. The fraction of sp³-hybridized carbons (Fsp3) is 0.577. The Labute approximate surface area is 234 Å². The Morgan fingerprint density at radius 3 is 2.17 bits per heavy atom. The van der Waals surface area contributed by atoms with Crippen molar-refractivity contribution in [3.8, 4) is 0 Å². The number of nitrogens with one attached hydrogen (secondary N) is 1. The zero-order valence-electron chi connectivity index (χ0n) is 22.2. The molecule has 1 aromatic carbocycles. The summed E-state index contributed by atoms with van der Waals surface area (Å²) in [5, 5.41) is 0.103. The van der Waals surface area contributed by atoms with Crippen LogP contribution in [0.15, 0.2) is 27.3 Å². The lowest BCUT2D eigenvalue weighted by Crippen LogP contribution is -2.44. The number of hydrogen-bond acceptors (Lipinski definition) is 3. The van der Waals surface area contributed by atoms with E-state index in [4.69, 9.17) is 9.41 Å². The molecular weight excluding hydrogens is 630 g/mol. The molecule has 3 unspecified atom stereocenters. The zero-order valence-corrected chi connectivity index (χ0v) is 27.2. The number of pyridine rings is 1. The van der Waals surface area contributed by atoms with Crippen LogP contribution in [0.2, 0.25) is 18.1 Å². The summed E-state index contributed by atoms with van der Waals surface area (Å²) in [5.41, 5.74) is 3.31. The van der Waals surface area contributed by atoms with Crippen LogP contribution < -0.4 is 4.72 Å². The molecule has 0 saturated carbocycles. The molecule has 0 amide bonds. The van der Waals surface area contributed by atoms with Crippen molar-refractivity contribution in [1.82, 2.24) is 9.71 Å². The van der Waals surface area contributed by atoms with E-state index in [1.807, 2.05) is 20.8 Å². The van der Waals surface area contributed by atoms with Crippen LogP contribution in [-0.4, -0.2) is 28.4 Å². The summed E-state index contributed by atoms with van der Waals surface area (Å²) in [4.78, 5) is 4.84. The number of fused-ring (bicyclic) bond motifs is 1. The predicted octanol–water partition coefficient (Wildman–Crippen LogP) is 7.71. The van der Waals surface area contributed by atoms with Crippen molar-refractivity contribution >= 4 is 51.2 Å². The third-order valence-corrected chi connectivity index (χ3v) is 14.6. The van der Waals surface area contributed by atoms with Crippen LogP contribution in [0.1, 0.15) is 70.0 Å². The maximum atomic E-state index is 14.0. The van der Waals surface area contributed by atoms with Gasteiger partial charge in [-0.05, 0) is 112 Å². The van der Waals surface area contributed by atoms with Gasteiger partial charge in [0.15, 0.2) is 8.32 Å². The summed E-state index contributed by atoms with van der Waals surface area (Å²) in [7, 11) is -3.39. The molecule has 200 valence electrons. The molecule has 0 radical (unpaired) electrons. The van der Waals surface area contributed by atoms with Crippen LogP contribution in [0.4, 0.5) is 8.78 Å². The molecule has 0 saturated heterocycles. The summed E-state index contributed by atoms with van der Waals surface area (Å²) < 4.78 is 51.9. The number of hydrogen-bond donors (Lipinski definition) is 1. The van der Waals surface area contributed by atoms with Gasteiger partial charge in [0.2, 0.25) is 0 Å². The lowest BCUT2D eigenvalue weighted by atomic mass is 10.0. The summed E-state index contributed by atoms with van der Waals surface area (Å²) in [5.74, 6) is -1.29. The monoisotopic (exact) mass is 664 g/mol. The summed E-state index contributed by atoms with van der Waals surface area (Å²) >= 11 is 7.44. The highest BCUT2D eigenvalue weighted by Gasteiger charge is 2.41. The molecule has 10 heteroatoms. The fourth-order valence-electron chi connectivity index (χ4n) is 3.95. The number of aromatic nitrogens is 1. The molecule has 1 aliphatic rings. The van der Waals surface area contributed by atoms with Gasteiger partial charge in [-0.2, -0.15) is 0 Å². The van der Waals surface area contributed by atoms with Crippen LogP contribution >= 0.6 is 31.9 Å². The minimum atomic E-state index is -1.96. The molecule has 2 aromatic rings. The predicted molar refractivity (Wildman–Crippen MR) is 153 cm³/mol. The highest BCUT2D eigenvalue weighted by atomic mass is 79.9. The van der Waals surface area contributed by atoms with Crippen molar-refractivity contribution in [2.75, 3.05) is 0 Å². The minimum Gasteiger partial charge on any atom is -0.413 e. The molecule has 0 aliphatic heterocycles. The van der Waals surface area contributed by atoms with E-state index < -0.39 is 41.7 Å². The van der Waals surface area contributed by atoms with E-state index in [1.54, 1.807) is 0 Å². The topological polar surface area (TPSA) is 51.2 Å². The van der Waals surface area contributed by atoms with Gasteiger partial charge in [0.05, 0.1) is 33.6 Å². The van der Waals surface area contributed by atoms with E-state index in [9.17, 15) is 13.0 Å². The third kappa shape index (κ3) is 6.91. The van der Waals surface area contributed by atoms with Crippen LogP contribution in [-0.2, 0) is 34.7 Å². The second kappa shape index (κ2) is 10.9. The molecule has 0 fully saturated rings. The SMILES string of the molecule is CC(C)(C)S(=O)NC(Cc1cc(F)cc(F)c1)c1nc(Br)c2c(c1Br)CC(O[Si](C)(C)C(C)(C)C)C2. The number of benzene rings is 1. The maximum Gasteiger partial charge on any atom is 0.192 e. The first-order chi connectivity index (χ1) is 16.4. The Hall–Kier alpha value is -0.523. The second-order valence-corrected chi connectivity index (χ2v) is 20.3. The summed E-state index contributed by atoms with van der Waals surface area (Å²) in [6.07, 6.45) is 1.77. The quantitative estimate of drug-likeness (QED) is 0.244. The van der Waals surface area contributed by atoms with Gasteiger partial charge in [0.1, 0.15) is 16.2 Å². The molecule has 3 rings (SSSR count). The normalized spacial score (nSPS) is 18.3. The average molecular weight is 667 g/mol. The molecular formula is C26H36Br2F2N2O2SSi. The van der Waals surface area contributed by atoms with Crippen molar-refractivity contribution in [3.05, 3.63) is 61.3 Å².